The molecule has 2 rings (SSSR count). The number of rotatable bonds is 8. The van der Waals surface area contributed by atoms with E-state index in [1.165, 1.54) is 0 Å². The number of fused-ring (bicyclic) bond motifs is 1. The van der Waals surface area contributed by atoms with E-state index in [4.69, 9.17) is 4.74 Å². The summed E-state index contributed by atoms with van der Waals surface area (Å²) in [6.07, 6.45) is 1.40. The first-order chi connectivity index (χ1) is 11.6. The monoisotopic (exact) mass is 331 g/mol. The third-order valence-corrected chi connectivity index (χ3v) is 3.44. The number of carbonyl (C=O) groups excluding carboxylic acids is 2. The lowest BCUT2D eigenvalue weighted by molar-refractivity contribution is -0.143. The smallest absolute Gasteiger partial charge is 0.305 e. The van der Waals surface area contributed by atoms with E-state index in [2.05, 4.69) is 15.3 Å². The molecule has 7 nitrogen and oxygen atoms in total. The van der Waals surface area contributed by atoms with Crippen LogP contribution in [0.2, 0.25) is 0 Å². The van der Waals surface area contributed by atoms with E-state index in [1.807, 2.05) is 6.07 Å². The van der Waals surface area contributed by atoms with Crippen molar-refractivity contribution >= 4 is 22.8 Å². The van der Waals surface area contributed by atoms with Gasteiger partial charge in [0.1, 0.15) is 5.82 Å². The van der Waals surface area contributed by atoms with Crippen LogP contribution >= 0.6 is 0 Å². The largest absolute Gasteiger partial charge is 0.466 e. The number of hydrogen-bond acceptors (Lipinski definition) is 5. The molecule has 1 aromatic carbocycles. The normalized spacial score (nSPS) is 10.5. The summed E-state index contributed by atoms with van der Waals surface area (Å²) >= 11 is 0. The molecule has 0 atom stereocenters. The van der Waals surface area contributed by atoms with Crippen LogP contribution in [0.25, 0.3) is 10.9 Å². The highest BCUT2D eigenvalue weighted by Crippen LogP contribution is 2.06. The molecule has 1 aromatic heterocycles. The van der Waals surface area contributed by atoms with Crippen molar-refractivity contribution in [2.24, 2.45) is 0 Å². The van der Waals surface area contributed by atoms with Crippen molar-refractivity contribution in [2.45, 2.75) is 32.6 Å². The van der Waals surface area contributed by atoms with E-state index in [9.17, 15) is 14.4 Å². The lowest BCUT2D eigenvalue weighted by Gasteiger charge is -2.06. The molecule has 128 valence electrons. The SMILES string of the molecule is CCOC(=O)CCCNC(=O)CCc1nc2ccccc2c(=O)[nH]1. The van der Waals surface area contributed by atoms with Gasteiger partial charge in [0.25, 0.3) is 5.56 Å². The zero-order chi connectivity index (χ0) is 17.4. The lowest BCUT2D eigenvalue weighted by Crippen LogP contribution is -2.25. The van der Waals surface area contributed by atoms with Crippen LogP contribution in [0.15, 0.2) is 29.1 Å². The second-order valence-corrected chi connectivity index (χ2v) is 5.29. The Bertz CT molecular complexity index is 770. The summed E-state index contributed by atoms with van der Waals surface area (Å²) in [5, 5.41) is 3.27. The number of esters is 1. The number of aryl methyl sites for hydroxylation is 1. The number of ether oxygens (including phenoxy) is 1. The van der Waals surface area contributed by atoms with Crippen LogP contribution in [-0.2, 0) is 20.7 Å². The van der Waals surface area contributed by atoms with Gasteiger partial charge in [0.2, 0.25) is 5.91 Å². The standard InChI is InChI=1S/C17H21N3O4/c1-2-24-16(22)8-5-11-18-15(21)10-9-14-19-13-7-4-3-6-12(13)17(23)20-14/h3-4,6-7H,2,5,8-11H2,1H3,(H,18,21)(H,19,20,23). The van der Waals surface area contributed by atoms with Crippen LogP contribution < -0.4 is 10.9 Å². The maximum atomic E-state index is 11.9. The number of nitrogens with zero attached hydrogens (tertiary/aromatic N) is 1. The molecule has 0 spiro atoms. The Morgan fingerprint density at radius 2 is 2.04 bits per heavy atom. The van der Waals surface area contributed by atoms with Gasteiger partial charge < -0.3 is 15.0 Å². The molecule has 2 aromatic rings. The Hall–Kier alpha value is -2.70. The zero-order valence-corrected chi connectivity index (χ0v) is 13.6. The highest BCUT2D eigenvalue weighted by Gasteiger charge is 2.07. The summed E-state index contributed by atoms with van der Waals surface area (Å²) in [6, 6.07) is 7.07. The van der Waals surface area contributed by atoms with Crippen molar-refractivity contribution < 1.29 is 14.3 Å². The van der Waals surface area contributed by atoms with Crippen LogP contribution in [0, 0.1) is 0 Å². The molecule has 2 N–H and O–H groups in total. The van der Waals surface area contributed by atoms with Gasteiger partial charge >= 0.3 is 5.97 Å². The van der Waals surface area contributed by atoms with E-state index in [0.717, 1.165) is 0 Å². The number of H-pyrrole nitrogens is 1. The van der Waals surface area contributed by atoms with Crippen molar-refractivity contribution in [3.8, 4) is 0 Å². The molecule has 0 fully saturated rings. The van der Waals surface area contributed by atoms with Crippen LogP contribution in [0.5, 0.6) is 0 Å². The average molecular weight is 331 g/mol. The lowest BCUT2D eigenvalue weighted by atomic mass is 10.2. The fraction of sp³-hybridized carbons (Fsp3) is 0.412. The van der Waals surface area contributed by atoms with Crippen LogP contribution in [0.4, 0.5) is 0 Å². The summed E-state index contributed by atoms with van der Waals surface area (Å²) in [5.74, 6) is 0.0831. The van der Waals surface area contributed by atoms with E-state index in [1.54, 1.807) is 25.1 Å². The molecule has 1 amide bonds. The molecule has 0 bridgehead atoms. The number of aromatic nitrogens is 2. The quantitative estimate of drug-likeness (QED) is 0.561. The van der Waals surface area contributed by atoms with E-state index >= 15 is 0 Å². The topological polar surface area (TPSA) is 101 Å². The Kier molecular flexibility index (Phi) is 6.48. The summed E-state index contributed by atoms with van der Waals surface area (Å²) in [5.41, 5.74) is 0.413. The number of hydrogen-bond donors (Lipinski definition) is 2. The summed E-state index contributed by atoms with van der Waals surface area (Å²) < 4.78 is 4.81. The zero-order valence-electron chi connectivity index (χ0n) is 13.6. The molecule has 0 aliphatic rings. The molecular formula is C17H21N3O4. The second kappa shape index (κ2) is 8.81. The van der Waals surface area contributed by atoms with Gasteiger partial charge in [-0.15, -0.1) is 0 Å². The fourth-order valence-electron chi connectivity index (χ4n) is 2.27. The van der Waals surface area contributed by atoms with Gasteiger partial charge in [-0.05, 0) is 25.5 Å². The van der Waals surface area contributed by atoms with Crippen LogP contribution in [0.1, 0.15) is 32.0 Å². The first kappa shape index (κ1) is 17.7. The molecule has 0 saturated heterocycles. The molecule has 1 heterocycles. The van der Waals surface area contributed by atoms with Gasteiger partial charge in [-0.3, -0.25) is 14.4 Å². The maximum absolute atomic E-state index is 11.9. The van der Waals surface area contributed by atoms with E-state index < -0.39 is 0 Å². The number of amides is 1. The number of carbonyl (C=O) groups is 2. The molecule has 0 aliphatic heterocycles. The molecule has 24 heavy (non-hydrogen) atoms. The van der Waals surface area contributed by atoms with Gasteiger partial charge in [0.05, 0.1) is 17.5 Å². The van der Waals surface area contributed by atoms with Gasteiger partial charge in [-0.1, -0.05) is 12.1 Å². The predicted octanol–water partition coefficient (Wildman–Crippen LogP) is 1.32. The molecule has 0 radical (unpaired) electrons. The van der Waals surface area contributed by atoms with Gasteiger partial charge in [-0.2, -0.15) is 0 Å². The van der Waals surface area contributed by atoms with Gasteiger partial charge in [-0.25, -0.2) is 4.98 Å². The minimum atomic E-state index is -0.260. The van der Waals surface area contributed by atoms with Gasteiger partial charge in [0, 0.05) is 25.8 Å². The number of para-hydroxylation sites is 1. The average Bonchev–Trinajstić information content (AvgIpc) is 2.57. The van der Waals surface area contributed by atoms with Gasteiger partial charge in [0.15, 0.2) is 0 Å². The molecule has 7 heteroatoms. The van der Waals surface area contributed by atoms with Crippen molar-refractivity contribution in [3.63, 3.8) is 0 Å². The summed E-state index contributed by atoms with van der Waals surface area (Å²) in [7, 11) is 0. The first-order valence-corrected chi connectivity index (χ1v) is 8.00. The highest BCUT2D eigenvalue weighted by atomic mass is 16.5. The summed E-state index contributed by atoms with van der Waals surface area (Å²) in [6.45, 7) is 2.53. The summed E-state index contributed by atoms with van der Waals surface area (Å²) in [4.78, 5) is 41.9. The molecular weight excluding hydrogens is 310 g/mol. The minimum absolute atomic E-state index is 0.144. The van der Waals surface area contributed by atoms with Crippen molar-refractivity contribution in [1.29, 1.82) is 0 Å². The Morgan fingerprint density at radius 3 is 2.83 bits per heavy atom. The third-order valence-electron chi connectivity index (χ3n) is 3.44. The first-order valence-electron chi connectivity index (χ1n) is 8.00. The molecule has 0 aliphatic carbocycles. The Labute approximate surface area is 139 Å². The van der Waals surface area contributed by atoms with Crippen molar-refractivity contribution in [2.75, 3.05) is 13.2 Å². The van der Waals surface area contributed by atoms with Crippen LogP contribution in [0.3, 0.4) is 0 Å². The minimum Gasteiger partial charge on any atom is -0.466 e. The molecule has 0 unspecified atom stereocenters. The predicted molar refractivity (Wildman–Crippen MR) is 89.6 cm³/mol. The fourth-order valence-corrected chi connectivity index (χ4v) is 2.27. The second-order valence-electron chi connectivity index (χ2n) is 5.29. The Balaban J connectivity index is 1.78. The number of aromatic amines is 1. The maximum Gasteiger partial charge on any atom is 0.305 e. The Morgan fingerprint density at radius 1 is 1.25 bits per heavy atom. The number of nitrogens with one attached hydrogen (secondary N) is 2. The highest BCUT2D eigenvalue weighted by molar-refractivity contribution is 5.78. The molecule has 0 saturated carbocycles. The van der Waals surface area contributed by atoms with Crippen molar-refractivity contribution in [1.82, 2.24) is 15.3 Å². The van der Waals surface area contributed by atoms with E-state index in [-0.39, 0.29) is 30.3 Å². The third kappa shape index (κ3) is 5.19. The van der Waals surface area contributed by atoms with Crippen LogP contribution in [-0.4, -0.2) is 35.0 Å². The van der Waals surface area contributed by atoms with Crippen molar-refractivity contribution in [3.05, 3.63) is 40.4 Å². The number of benzene rings is 1. The van der Waals surface area contributed by atoms with E-state index in [0.29, 0.717) is 42.7 Å².